The Morgan fingerprint density at radius 3 is 2.52 bits per heavy atom. The number of aryl methyl sites for hydroxylation is 1. The molecule has 0 bridgehead atoms. The van der Waals surface area contributed by atoms with Crippen molar-refractivity contribution in [3.63, 3.8) is 0 Å². The van der Waals surface area contributed by atoms with Gasteiger partial charge in [0, 0.05) is 0 Å². The van der Waals surface area contributed by atoms with E-state index < -0.39 is 5.83 Å². The summed E-state index contributed by atoms with van der Waals surface area (Å²) in [5.74, 6) is 0.784. The Kier molecular flexibility index (Phi) is 7.07. The molecule has 0 aromatic heterocycles. The molecule has 122 valence electrons. The van der Waals surface area contributed by atoms with Gasteiger partial charge < -0.3 is 0 Å². The van der Waals surface area contributed by atoms with E-state index in [0.717, 1.165) is 24.7 Å². The largest absolute Gasteiger partial charge is 0.199 e. The Labute approximate surface area is 139 Å². The molecule has 1 fully saturated rings. The van der Waals surface area contributed by atoms with Gasteiger partial charge in [0.2, 0.25) is 0 Å². The molecule has 0 heterocycles. The summed E-state index contributed by atoms with van der Waals surface area (Å²) < 4.78 is 12.6. The highest BCUT2D eigenvalue weighted by Crippen LogP contribution is 2.37. The predicted octanol–water partition coefficient (Wildman–Crippen LogP) is 6.24. The van der Waals surface area contributed by atoms with Gasteiger partial charge in [0.05, 0.1) is 0 Å². The normalized spacial score (nSPS) is 22.2. The molecule has 0 radical (unpaired) electrons. The lowest BCUT2D eigenvalue weighted by Gasteiger charge is -2.28. The molecule has 1 aromatic rings. The monoisotopic (exact) mass is 311 g/mol. The molecule has 2 rings (SSSR count). The first-order chi connectivity index (χ1) is 11.2. The third-order valence-corrected chi connectivity index (χ3v) is 4.93. The van der Waals surface area contributed by atoms with Gasteiger partial charge in [-0.2, -0.15) is 9.65 Å². The summed E-state index contributed by atoms with van der Waals surface area (Å²) in [6.07, 6.45) is 13.2. The maximum absolute atomic E-state index is 12.6. The van der Waals surface area contributed by atoms with E-state index in [2.05, 4.69) is 31.2 Å². The third kappa shape index (κ3) is 5.67. The number of allylic oxidation sites excluding steroid dienone is 4. The first kappa shape index (κ1) is 17.5. The molecule has 0 spiro atoms. The van der Waals surface area contributed by atoms with E-state index in [1.807, 2.05) is 6.08 Å². The number of nitrogens with zero attached hydrogens (tertiary/aromatic N) is 1. The zero-order chi connectivity index (χ0) is 16.5. The van der Waals surface area contributed by atoms with Gasteiger partial charge in [0.15, 0.2) is 5.83 Å². The SMILES string of the molecule is CCc1ccc(C2CCC(CC/C=C/C=C(\F)C#N)CC2)cc1. The topological polar surface area (TPSA) is 23.8 Å². The number of benzene rings is 1. The fraction of sp³-hybridized carbons (Fsp3) is 0.476. The molecule has 1 aromatic carbocycles. The quantitative estimate of drug-likeness (QED) is 0.451. The Morgan fingerprint density at radius 2 is 1.91 bits per heavy atom. The Hall–Kier alpha value is -1.88. The van der Waals surface area contributed by atoms with Crippen molar-refractivity contribution in [2.24, 2.45) is 5.92 Å². The van der Waals surface area contributed by atoms with Gasteiger partial charge in [0.25, 0.3) is 0 Å². The minimum absolute atomic E-state index is 0.723. The average molecular weight is 311 g/mol. The van der Waals surface area contributed by atoms with Crippen molar-refractivity contribution in [3.05, 3.63) is 59.4 Å². The van der Waals surface area contributed by atoms with Crippen molar-refractivity contribution in [1.82, 2.24) is 0 Å². The molecule has 0 N–H and O–H groups in total. The highest BCUT2D eigenvalue weighted by Gasteiger charge is 2.21. The minimum Gasteiger partial charge on any atom is -0.195 e. The zero-order valence-corrected chi connectivity index (χ0v) is 14.0. The van der Waals surface area contributed by atoms with Crippen molar-refractivity contribution in [3.8, 4) is 6.07 Å². The Balaban J connectivity index is 1.72. The molecular formula is C21H26FN. The molecule has 2 heteroatoms. The number of hydrogen-bond donors (Lipinski definition) is 0. The minimum atomic E-state index is -0.726. The van der Waals surface area contributed by atoms with Crippen molar-refractivity contribution < 1.29 is 4.39 Å². The molecule has 0 unspecified atom stereocenters. The zero-order valence-electron chi connectivity index (χ0n) is 14.0. The van der Waals surface area contributed by atoms with Crippen LogP contribution in [0.3, 0.4) is 0 Å². The van der Waals surface area contributed by atoms with Gasteiger partial charge >= 0.3 is 0 Å². The van der Waals surface area contributed by atoms with Gasteiger partial charge in [-0.25, -0.2) is 0 Å². The van der Waals surface area contributed by atoms with Crippen LogP contribution in [0.1, 0.15) is 62.5 Å². The molecule has 1 aliphatic carbocycles. The van der Waals surface area contributed by atoms with Crippen LogP contribution in [0.5, 0.6) is 0 Å². The summed E-state index contributed by atoms with van der Waals surface area (Å²) in [4.78, 5) is 0. The van der Waals surface area contributed by atoms with Crippen LogP contribution in [0, 0.1) is 17.2 Å². The van der Waals surface area contributed by atoms with Crippen molar-refractivity contribution >= 4 is 0 Å². The van der Waals surface area contributed by atoms with Crippen LogP contribution in [-0.4, -0.2) is 0 Å². The van der Waals surface area contributed by atoms with E-state index in [0.29, 0.717) is 0 Å². The van der Waals surface area contributed by atoms with Crippen LogP contribution in [-0.2, 0) is 6.42 Å². The van der Waals surface area contributed by atoms with Gasteiger partial charge in [-0.3, -0.25) is 0 Å². The lowest BCUT2D eigenvalue weighted by molar-refractivity contribution is 0.312. The summed E-state index contributed by atoms with van der Waals surface area (Å²) in [6, 6.07) is 10.6. The van der Waals surface area contributed by atoms with Crippen LogP contribution in [0.15, 0.2) is 48.3 Å². The molecule has 0 saturated heterocycles. The lowest BCUT2D eigenvalue weighted by Crippen LogP contribution is -2.13. The molecule has 0 amide bonds. The predicted molar refractivity (Wildman–Crippen MR) is 93.7 cm³/mol. The van der Waals surface area contributed by atoms with Crippen LogP contribution < -0.4 is 0 Å². The summed E-state index contributed by atoms with van der Waals surface area (Å²) in [5.41, 5.74) is 2.91. The molecule has 1 aliphatic rings. The van der Waals surface area contributed by atoms with Gasteiger partial charge in [-0.15, -0.1) is 0 Å². The van der Waals surface area contributed by atoms with Gasteiger partial charge in [-0.05, 0) is 74.0 Å². The second-order valence-corrected chi connectivity index (χ2v) is 6.44. The first-order valence-corrected chi connectivity index (χ1v) is 8.74. The number of hydrogen-bond acceptors (Lipinski definition) is 1. The Morgan fingerprint density at radius 1 is 1.22 bits per heavy atom. The smallest absolute Gasteiger partial charge is 0.195 e. The van der Waals surface area contributed by atoms with Crippen LogP contribution in [0.25, 0.3) is 0 Å². The molecule has 1 saturated carbocycles. The fourth-order valence-corrected chi connectivity index (χ4v) is 3.43. The molecule has 0 aliphatic heterocycles. The maximum atomic E-state index is 12.6. The van der Waals surface area contributed by atoms with E-state index in [9.17, 15) is 4.39 Å². The number of halogens is 1. The number of nitriles is 1. The van der Waals surface area contributed by atoms with E-state index in [-0.39, 0.29) is 0 Å². The average Bonchev–Trinajstić information content (AvgIpc) is 2.62. The van der Waals surface area contributed by atoms with E-state index in [1.165, 1.54) is 55.4 Å². The van der Waals surface area contributed by atoms with Gasteiger partial charge in [-0.1, -0.05) is 43.3 Å². The highest BCUT2D eigenvalue weighted by atomic mass is 19.1. The van der Waals surface area contributed by atoms with E-state index in [4.69, 9.17) is 5.26 Å². The van der Waals surface area contributed by atoms with Crippen LogP contribution in [0.4, 0.5) is 4.39 Å². The van der Waals surface area contributed by atoms with Crippen molar-refractivity contribution in [2.45, 2.75) is 57.8 Å². The third-order valence-electron chi connectivity index (χ3n) is 4.93. The van der Waals surface area contributed by atoms with Crippen LogP contribution >= 0.6 is 0 Å². The standard InChI is InChI=1S/C21H26FN/c1-2-17-8-12-19(13-9-17)20-14-10-18(11-15-20)6-4-3-5-7-21(22)16-23/h3,5,7-9,12-13,18,20H,2,4,6,10-11,14-15H2,1H3/b5-3+,21-7-. The summed E-state index contributed by atoms with van der Waals surface area (Å²) in [7, 11) is 0. The molecular weight excluding hydrogens is 285 g/mol. The lowest BCUT2D eigenvalue weighted by atomic mass is 9.77. The Bertz CT molecular complexity index is 569. The fourth-order valence-electron chi connectivity index (χ4n) is 3.43. The number of rotatable bonds is 6. The summed E-state index contributed by atoms with van der Waals surface area (Å²) >= 11 is 0. The molecule has 0 atom stereocenters. The van der Waals surface area contributed by atoms with Crippen molar-refractivity contribution in [2.75, 3.05) is 0 Å². The van der Waals surface area contributed by atoms with E-state index >= 15 is 0 Å². The van der Waals surface area contributed by atoms with Gasteiger partial charge in [0.1, 0.15) is 6.07 Å². The summed E-state index contributed by atoms with van der Waals surface area (Å²) in [5, 5.41) is 8.32. The molecule has 1 nitrogen and oxygen atoms in total. The summed E-state index contributed by atoms with van der Waals surface area (Å²) in [6.45, 7) is 2.19. The maximum Gasteiger partial charge on any atom is 0.199 e. The van der Waals surface area contributed by atoms with E-state index in [1.54, 1.807) is 6.08 Å². The second kappa shape index (κ2) is 9.30. The molecule has 23 heavy (non-hydrogen) atoms. The highest BCUT2D eigenvalue weighted by molar-refractivity contribution is 5.25. The van der Waals surface area contributed by atoms with Crippen LogP contribution in [0.2, 0.25) is 0 Å². The first-order valence-electron chi connectivity index (χ1n) is 8.74. The second-order valence-electron chi connectivity index (χ2n) is 6.44. The van der Waals surface area contributed by atoms with Crippen molar-refractivity contribution in [1.29, 1.82) is 5.26 Å².